The molecule has 6 nitrogen and oxygen atoms in total. The van der Waals surface area contributed by atoms with E-state index >= 15 is 0 Å². The molecule has 3 N–H and O–H groups in total. The van der Waals surface area contributed by atoms with Crippen molar-refractivity contribution in [3.05, 3.63) is 11.6 Å². The Hall–Kier alpha value is -0.480. The van der Waals surface area contributed by atoms with Crippen molar-refractivity contribution in [1.29, 1.82) is 0 Å². The fourth-order valence-corrected chi connectivity index (χ4v) is 6.26. The maximum atomic E-state index is 12.3. The van der Waals surface area contributed by atoms with E-state index in [1.54, 1.807) is 6.92 Å². The van der Waals surface area contributed by atoms with E-state index in [2.05, 4.69) is 5.32 Å². The van der Waals surface area contributed by atoms with Gasteiger partial charge >= 0.3 is 0 Å². The third kappa shape index (κ3) is 2.57. The van der Waals surface area contributed by atoms with Gasteiger partial charge in [0.2, 0.25) is 10.0 Å². The molecule has 0 spiro atoms. The minimum absolute atomic E-state index is 0.0664. The lowest BCUT2D eigenvalue weighted by Crippen LogP contribution is -2.33. The first-order valence-electron chi connectivity index (χ1n) is 6.18. The molecule has 0 bridgehead atoms. The molecule has 0 radical (unpaired) electrons. The van der Waals surface area contributed by atoms with Crippen LogP contribution in [0.3, 0.4) is 0 Å². The first-order chi connectivity index (χ1) is 9.02. The first kappa shape index (κ1) is 13.5. The van der Waals surface area contributed by atoms with Gasteiger partial charge in [0.05, 0.1) is 6.62 Å². The van der Waals surface area contributed by atoms with E-state index in [4.69, 9.17) is 6.51 Å². The Balaban J connectivity index is 2.75. The van der Waals surface area contributed by atoms with Gasteiger partial charge in [-0.15, -0.1) is 11.3 Å². The van der Waals surface area contributed by atoms with E-state index in [-0.39, 0.29) is 20.4 Å². The summed E-state index contributed by atoms with van der Waals surface area (Å²) >= 11 is 0.620. The van der Waals surface area contributed by atoms with E-state index in [0.717, 1.165) is 0 Å². The minimum atomic E-state index is -3.99. The second-order valence-corrected chi connectivity index (χ2v) is 9.78. The van der Waals surface area contributed by atoms with E-state index < -0.39 is 31.1 Å². The van der Waals surface area contributed by atoms with Crippen molar-refractivity contribution in [3.63, 3.8) is 0 Å². The van der Waals surface area contributed by atoms with E-state index in [1.807, 2.05) is 0 Å². The van der Waals surface area contributed by atoms with Gasteiger partial charge in [0.1, 0.15) is 8.42 Å². The van der Waals surface area contributed by atoms with Crippen molar-refractivity contribution in [2.75, 3.05) is 6.54 Å². The molecule has 2 heterocycles. The molecule has 0 aromatic carbocycles. The molecule has 0 saturated heterocycles. The molecule has 19 heavy (non-hydrogen) atoms. The van der Waals surface area contributed by atoms with Crippen LogP contribution in [-0.2, 0) is 19.9 Å². The average molecular weight is 325 g/mol. The normalized spacial score (nSPS) is 30.7. The maximum Gasteiger partial charge on any atom is 0.247 e. The number of rotatable bonds is 3. The van der Waals surface area contributed by atoms with Crippen LogP contribution < -0.4 is 10.5 Å². The molecule has 0 aliphatic carbocycles. The number of fused-ring (bicyclic) bond motifs is 1. The van der Waals surface area contributed by atoms with Gasteiger partial charge in [-0.05, 0) is 26.0 Å². The lowest BCUT2D eigenvalue weighted by atomic mass is 10.1. The Morgan fingerprint density at radius 1 is 1.63 bits per heavy atom. The molecule has 2 rings (SSSR count). The molecular weight excluding hydrogens is 308 g/mol. The highest BCUT2D eigenvalue weighted by Gasteiger charge is 2.39. The van der Waals surface area contributed by atoms with Gasteiger partial charge in [0.15, 0.2) is 9.84 Å². The Labute approximate surface area is 118 Å². The van der Waals surface area contributed by atoms with Crippen molar-refractivity contribution < 1.29 is 18.2 Å². The lowest BCUT2D eigenvalue weighted by molar-refractivity contribution is 0.477. The van der Waals surface area contributed by atoms with Gasteiger partial charge in [0.25, 0.3) is 0 Å². The number of hydrogen-bond acceptors (Lipinski definition) is 6. The summed E-state index contributed by atoms with van der Waals surface area (Å²) in [6.45, 7) is 3.79. The SMILES string of the molecule is [2H][C@]1(NCC)C[C@H](C)S(=O)(=O)c2sc(S(N)(=O)=O)cc21. The fourth-order valence-electron chi connectivity index (χ4n) is 1.99. The van der Waals surface area contributed by atoms with Gasteiger partial charge in [-0.25, -0.2) is 22.0 Å². The fraction of sp³-hybridized carbons (Fsp3) is 0.600. The zero-order valence-corrected chi connectivity index (χ0v) is 13.0. The van der Waals surface area contributed by atoms with Crippen molar-refractivity contribution in [2.45, 2.75) is 40.0 Å². The van der Waals surface area contributed by atoms with Gasteiger partial charge in [-0.2, -0.15) is 0 Å². The van der Waals surface area contributed by atoms with Crippen LogP contribution in [-0.4, -0.2) is 28.6 Å². The molecule has 108 valence electrons. The molecule has 9 heteroatoms. The van der Waals surface area contributed by atoms with Crippen LogP contribution in [0.15, 0.2) is 14.5 Å². The largest absolute Gasteiger partial charge is 0.310 e. The smallest absolute Gasteiger partial charge is 0.247 e. The van der Waals surface area contributed by atoms with Gasteiger partial charge in [0, 0.05) is 11.6 Å². The zero-order chi connectivity index (χ0) is 15.3. The number of sulfone groups is 1. The predicted octanol–water partition coefficient (Wildman–Crippen LogP) is 0.612. The number of thiophene rings is 1. The summed E-state index contributed by atoms with van der Waals surface area (Å²) in [5.74, 6) is 0. The number of primary sulfonamides is 1. The summed E-state index contributed by atoms with van der Waals surface area (Å²) in [5.41, 5.74) is 0.173. The number of nitrogens with two attached hydrogens (primary N) is 1. The second kappa shape index (κ2) is 4.81. The number of sulfonamides is 1. The van der Waals surface area contributed by atoms with Crippen molar-refractivity contribution >= 4 is 31.2 Å². The molecule has 0 saturated carbocycles. The van der Waals surface area contributed by atoms with E-state index in [0.29, 0.717) is 17.9 Å². The standard InChI is InChI=1S/C10H16N2O4S3/c1-3-12-8-4-6(2)18(13,14)10-7(8)5-9(17-10)19(11,15)16/h5-6,8,12H,3-4H2,1-2H3,(H2,11,15,16)/t6-,8-/m0/s1/i8D. The monoisotopic (exact) mass is 325 g/mol. The van der Waals surface area contributed by atoms with Crippen LogP contribution in [0.2, 0.25) is 0 Å². The average Bonchev–Trinajstić information content (AvgIpc) is 2.73. The second-order valence-electron chi connectivity index (χ2n) is 4.38. The lowest BCUT2D eigenvalue weighted by Gasteiger charge is -2.27. The summed E-state index contributed by atoms with van der Waals surface area (Å²) in [6.07, 6.45) is 0.0664. The molecular formula is C10H16N2O4S3. The molecule has 1 aliphatic rings. The molecule has 0 unspecified atom stereocenters. The highest BCUT2D eigenvalue weighted by Crippen LogP contribution is 2.42. The Bertz CT molecular complexity index is 741. The molecule has 1 aromatic rings. The third-order valence-corrected chi connectivity index (χ3v) is 8.21. The highest BCUT2D eigenvalue weighted by molar-refractivity contribution is 7.95. The van der Waals surface area contributed by atoms with Crippen LogP contribution in [0.25, 0.3) is 0 Å². The Morgan fingerprint density at radius 2 is 2.26 bits per heavy atom. The van der Waals surface area contributed by atoms with E-state index in [1.165, 1.54) is 13.0 Å². The van der Waals surface area contributed by atoms with Gasteiger partial charge in [-0.3, -0.25) is 0 Å². The van der Waals surface area contributed by atoms with Crippen LogP contribution in [0.5, 0.6) is 0 Å². The van der Waals surface area contributed by atoms with E-state index in [9.17, 15) is 16.8 Å². The van der Waals surface area contributed by atoms with Crippen molar-refractivity contribution in [3.8, 4) is 0 Å². The van der Waals surface area contributed by atoms with Gasteiger partial charge < -0.3 is 5.32 Å². The summed E-state index contributed by atoms with van der Waals surface area (Å²) in [7, 11) is -7.60. The number of nitrogens with one attached hydrogen (secondary N) is 1. The Morgan fingerprint density at radius 3 is 2.79 bits per heavy atom. The summed E-state index contributed by atoms with van der Waals surface area (Å²) in [4.78, 5) is 0. The predicted molar refractivity (Wildman–Crippen MR) is 73.4 cm³/mol. The molecule has 1 aliphatic heterocycles. The number of hydrogen-bond donors (Lipinski definition) is 2. The third-order valence-electron chi connectivity index (χ3n) is 2.95. The molecule has 0 amide bonds. The summed E-state index contributed by atoms with van der Waals surface area (Å²) in [5, 5.41) is 7.23. The maximum absolute atomic E-state index is 12.3. The molecule has 1 aromatic heterocycles. The summed E-state index contributed by atoms with van der Waals surface area (Å²) < 4.78 is 55.6. The summed E-state index contributed by atoms with van der Waals surface area (Å²) in [6, 6.07) is -0.108. The topological polar surface area (TPSA) is 106 Å². The molecule has 0 fully saturated rings. The first-order valence-corrected chi connectivity index (χ1v) is 9.59. The van der Waals surface area contributed by atoms with Crippen LogP contribution in [0.4, 0.5) is 0 Å². The van der Waals surface area contributed by atoms with Gasteiger partial charge in [-0.1, -0.05) is 6.92 Å². The quantitative estimate of drug-likeness (QED) is 0.847. The molecule has 2 atom stereocenters. The highest BCUT2D eigenvalue weighted by atomic mass is 32.3. The van der Waals surface area contributed by atoms with Crippen LogP contribution in [0, 0.1) is 0 Å². The van der Waals surface area contributed by atoms with Crippen molar-refractivity contribution in [2.24, 2.45) is 5.14 Å². The Kier molecular flexibility index (Phi) is 3.42. The van der Waals surface area contributed by atoms with Crippen LogP contribution in [0.1, 0.15) is 33.2 Å². The van der Waals surface area contributed by atoms with Crippen LogP contribution >= 0.6 is 11.3 Å². The minimum Gasteiger partial charge on any atom is -0.310 e. The van der Waals surface area contributed by atoms with Crippen molar-refractivity contribution in [1.82, 2.24) is 5.32 Å². The zero-order valence-electron chi connectivity index (χ0n) is 11.5.